The minimum atomic E-state index is -0.801. The smallest absolute Gasteiger partial charge is 0.318 e. The summed E-state index contributed by atoms with van der Waals surface area (Å²) < 4.78 is 37.9. The van der Waals surface area contributed by atoms with Crippen molar-refractivity contribution in [2.75, 3.05) is 45.2 Å². The topological polar surface area (TPSA) is 130 Å². The first-order valence-corrected chi connectivity index (χ1v) is 21.4. The molecule has 1 amide bonds. The van der Waals surface area contributed by atoms with Crippen molar-refractivity contribution in [3.63, 3.8) is 0 Å². The highest BCUT2D eigenvalue weighted by atomic mass is 19.1. The summed E-state index contributed by atoms with van der Waals surface area (Å²) in [5.74, 6) is -1.41. The van der Waals surface area contributed by atoms with Crippen molar-refractivity contribution >= 4 is 45.2 Å². The molecule has 4 aromatic rings. The maximum atomic E-state index is 15.7. The van der Waals surface area contributed by atoms with E-state index in [0.29, 0.717) is 77.1 Å². The van der Waals surface area contributed by atoms with Crippen molar-refractivity contribution in [3.05, 3.63) is 63.8 Å². The van der Waals surface area contributed by atoms with Crippen LogP contribution in [0.2, 0.25) is 0 Å². The summed E-state index contributed by atoms with van der Waals surface area (Å²) in [6, 6.07) is 6.04. The molecule has 10 nitrogen and oxygen atoms in total. The summed E-state index contributed by atoms with van der Waals surface area (Å²) in [7, 11) is 3.32. The number of carbonyl (C=O) groups is 1. The first kappa shape index (κ1) is 43.4. The molecule has 316 valence electrons. The lowest BCUT2D eigenvalue weighted by molar-refractivity contribution is -0.124. The number of nitrogens with zero attached hydrogens (tertiary/aromatic N) is 6. The van der Waals surface area contributed by atoms with Crippen LogP contribution in [0.4, 0.5) is 14.6 Å². The van der Waals surface area contributed by atoms with Crippen LogP contribution < -0.4 is 25.9 Å². The Hall–Kier alpha value is -5.13. The molecule has 0 spiro atoms. The standard InChI is InChI=1S/C47H61F2N7O3/c1-9-12-14-19-47(6,18-13-10-2)27-59-46-53-38-24-34(33-25-39(57)42(49)32-16-17-36(48)31(11-3)40(32)33)43-35(22-28(4)29(5)52-43)41(38)44(54-46)56-21-15-20-51-30(26-56)23-37(50)45(58)55(7)8/h16-17,22-25,28-29,57H,9-15,18-21,26-27,50H2,1-8H3/b37-23-. The Bertz CT molecular complexity index is 2410. The average molecular weight is 810 g/mol. The van der Waals surface area contributed by atoms with Gasteiger partial charge < -0.3 is 25.4 Å². The van der Waals surface area contributed by atoms with Crippen molar-refractivity contribution in [3.8, 4) is 22.9 Å². The SMILES string of the molecule is CCCCCC(C)(CCCC)COc1nc(N2CCCN=C(/C=C(\N)C(=O)N(C)C)C2)c2c3c(c(-c4cc(O)c(F)c5ccc(F)c(CC)c45)cc2n1)=NC(C)C(C)C=3. The third kappa shape index (κ3) is 9.21. The van der Waals surface area contributed by atoms with E-state index in [4.69, 9.17) is 30.4 Å². The van der Waals surface area contributed by atoms with Crippen LogP contribution in [0.3, 0.4) is 0 Å². The van der Waals surface area contributed by atoms with Crippen LogP contribution in [-0.4, -0.2) is 78.0 Å². The van der Waals surface area contributed by atoms with E-state index in [2.05, 4.69) is 38.7 Å². The van der Waals surface area contributed by atoms with E-state index in [1.165, 1.54) is 23.1 Å². The fourth-order valence-corrected chi connectivity index (χ4v) is 8.37. The number of anilines is 1. The van der Waals surface area contributed by atoms with Crippen LogP contribution in [0.1, 0.15) is 98.5 Å². The fourth-order valence-electron chi connectivity index (χ4n) is 8.37. The maximum absolute atomic E-state index is 15.7. The largest absolute Gasteiger partial charge is 0.505 e. The van der Waals surface area contributed by atoms with Crippen molar-refractivity contribution in [2.24, 2.45) is 27.1 Å². The van der Waals surface area contributed by atoms with Crippen LogP contribution in [0.5, 0.6) is 11.8 Å². The number of benzene rings is 3. The van der Waals surface area contributed by atoms with Crippen molar-refractivity contribution < 1.29 is 23.4 Å². The van der Waals surface area contributed by atoms with Crippen molar-refractivity contribution in [1.82, 2.24) is 14.9 Å². The summed E-state index contributed by atoms with van der Waals surface area (Å²) in [5.41, 5.74) is 8.92. The third-order valence-electron chi connectivity index (χ3n) is 12.0. The van der Waals surface area contributed by atoms with E-state index >= 15 is 8.78 Å². The molecule has 0 radical (unpaired) electrons. The van der Waals surface area contributed by atoms with Gasteiger partial charge in [-0.1, -0.05) is 72.8 Å². The molecule has 0 fully saturated rings. The molecule has 3 unspecified atom stereocenters. The van der Waals surface area contributed by atoms with E-state index in [1.807, 2.05) is 19.9 Å². The predicted octanol–water partition coefficient (Wildman–Crippen LogP) is 8.17. The zero-order valence-corrected chi connectivity index (χ0v) is 36.1. The number of ether oxygens (including phenoxy) is 1. The van der Waals surface area contributed by atoms with Gasteiger partial charge in [0.25, 0.3) is 5.91 Å². The van der Waals surface area contributed by atoms with E-state index in [0.717, 1.165) is 62.0 Å². The molecule has 0 saturated carbocycles. The van der Waals surface area contributed by atoms with Gasteiger partial charge in [0.1, 0.15) is 11.6 Å². The fraction of sp³-hybridized carbons (Fsp3) is 0.511. The molecule has 0 aliphatic carbocycles. The number of aromatic hydroxyl groups is 1. The van der Waals surface area contributed by atoms with Crippen LogP contribution in [0.25, 0.3) is 38.9 Å². The van der Waals surface area contributed by atoms with Gasteiger partial charge in [-0.2, -0.15) is 9.97 Å². The van der Waals surface area contributed by atoms with Gasteiger partial charge in [-0.15, -0.1) is 0 Å². The van der Waals surface area contributed by atoms with Gasteiger partial charge in [0.2, 0.25) is 0 Å². The molecule has 2 aliphatic rings. The molecule has 0 bridgehead atoms. The highest BCUT2D eigenvalue weighted by molar-refractivity contribution is 6.07. The molecular weight excluding hydrogens is 749 g/mol. The number of aromatic nitrogens is 2. The molecular formula is C47H61F2N7O3. The Morgan fingerprint density at radius 2 is 1.80 bits per heavy atom. The summed E-state index contributed by atoms with van der Waals surface area (Å²) in [4.78, 5) is 36.7. The number of hydrogen-bond donors (Lipinski definition) is 2. The number of unbranched alkanes of at least 4 members (excludes halogenated alkanes) is 3. The minimum absolute atomic E-state index is 0.0372. The van der Waals surface area contributed by atoms with Gasteiger partial charge in [0, 0.05) is 48.8 Å². The Morgan fingerprint density at radius 1 is 1.05 bits per heavy atom. The van der Waals surface area contributed by atoms with Gasteiger partial charge in [-0.3, -0.25) is 14.8 Å². The first-order chi connectivity index (χ1) is 28.2. The van der Waals surface area contributed by atoms with E-state index in [-0.39, 0.29) is 40.4 Å². The summed E-state index contributed by atoms with van der Waals surface area (Å²) in [6.45, 7) is 14.6. The molecule has 3 aromatic carbocycles. The van der Waals surface area contributed by atoms with E-state index in [1.54, 1.807) is 20.2 Å². The number of amides is 1. The van der Waals surface area contributed by atoms with Crippen molar-refractivity contribution in [1.29, 1.82) is 0 Å². The number of nitrogens with two attached hydrogens (primary N) is 1. The second-order valence-electron chi connectivity index (χ2n) is 17.0. The molecule has 3 heterocycles. The Morgan fingerprint density at radius 3 is 2.51 bits per heavy atom. The van der Waals surface area contributed by atoms with E-state index < -0.39 is 17.4 Å². The molecule has 6 rings (SSSR count). The number of halogens is 2. The Balaban J connectivity index is 1.63. The molecule has 59 heavy (non-hydrogen) atoms. The lowest BCUT2D eigenvalue weighted by Gasteiger charge is -2.30. The van der Waals surface area contributed by atoms with Gasteiger partial charge in [0.15, 0.2) is 11.6 Å². The zero-order valence-electron chi connectivity index (χ0n) is 36.1. The summed E-state index contributed by atoms with van der Waals surface area (Å²) in [5, 5.41) is 13.7. The number of likely N-dealkylation sites (N-methyl/N-ethyl adjacent to an activating group) is 1. The van der Waals surface area contributed by atoms with Crippen molar-refractivity contribution in [2.45, 2.75) is 105 Å². The van der Waals surface area contributed by atoms with Gasteiger partial charge in [0.05, 0.1) is 46.9 Å². The molecule has 12 heteroatoms. The number of hydrogen-bond acceptors (Lipinski definition) is 9. The molecule has 3 atom stereocenters. The number of carbonyl (C=O) groups excluding carboxylic acids is 1. The lowest BCUT2D eigenvalue weighted by atomic mass is 9.81. The molecule has 0 saturated heterocycles. The van der Waals surface area contributed by atoms with Crippen LogP contribution in [0, 0.1) is 23.0 Å². The molecule has 2 aliphatic heterocycles. The second kappa shape index (κ2) is 18.4. The van der Waals surface area contributed by atoms with Gasteiger partial charge in [-0.05, 0) is 85.4 Å². The molecule has 3 N–H and O–H groups in total. The highest BCUT2D eigenvalue weighted by Crippen LogP contribution is 2.39. The zero-order chi connectivity index (χ0) is 42.6. The Labute approximate surface area is 347 Å². The number of phenolic OH excluding ortho intramolecular Hbond substituents is 1. The minimum Gasteiger partial charge on any atom is -0.505 e. The normalized spacial score (nSPS) is 18.1. The number of aryl methyl sites for hydroxylation is 1. The van der Waals surface area contributed by atoms with E-state index in [9.17, 15) is 9.90 Å². The third-order valence-corrected chi connectivity index (χ3v) is 12.0. The predicted molar refractivity (Wildman–Crippen MR) is 235 cm³/mol. The Kier molecular flexibility index (Phi) is 13.6. The lowest BCUT2D eigenvalue weighted by Crippen LogP contribution is -2.38. The van der Waals surface area contributed by atoms with Gasteiger partial charge >= 0.3 is 6.01 Å². The highest BCUT2D eigenvalue weighted by Gasteiger charge is 2.29. The van der Waals surface area contributed by atoms with Crippen LogP contribution >= 0.6 is 0 Å². The number of phenols is 1. The van der Waals surface area contributed by atoms with Gasteiger partial charge in [-0.25, -0.2) is 8.78 Å². The maximum Gasteiger partial charge on any atom is 0.318 e. The number of aliphatic imine (C=N–C) groups is 1. The van der Waals surface area contributed by atoms with Crippen LogP contribution in [0.15, 0.2) is 46.0 Å². The summed E-state index contributed by atoms with van der Waals surface area (Å²) >= 11 is 0. The average Bonchev–Trinajstić information content (AvgIpc) is 3.45. The number of fused-ring (bicyclic) bond motifs is 4. The summed E-state index contributed by atoms with van der Waals surface area (Å²) in [6.07, 6.45) is 12.5. The first-order valence-electron chi connectivity index (χ1n) is 21.4. The monoisotopic (exact) mass is 809 g/mol. The second-order valence-corrected chi connectivity index (χ2v) is 17.0. The van der Waals surface area contributed by atoms with Crippen LogP contribution in [-0.2, 0) is 11.2 Å². The molecule has 1 aromatic heterocycles. The quantitative estimate of drug-likeness (QED) is 0.0916. The number of rotatable bonds is 15.